The van der Waals surface area contributed by atoms with E-state index in [1.807, 2.05) is 0 Å². The van der Waals surface area contributed by atoms with Gasteiger partial charge in [0.2, 0.25) is 5.91 Å². The number of aryl methyl sites for hydroxylation is 2. The number of likely N-dealkylation sites (tertiary alicyclic amines) is 1. The Morgan fingerprint density at radius 3 is 2.92 bits per heavy atom. The fraction of sp³-hybridized carbons (Fsp3) is 0.556. The van der Waals surface area contributed by atoms with Crippen molar-refractivity contribution in [3.8, 4) is 0 Å². The molecule has 0 N–H and O–H groups in total. The molecule has 0 aromatic carbocycles. The molecule has 1 saturated heterocycles. The summed E-state index contributed by atoms with van der Waals surface area (Å²) < 4.78 is 5.14. The molecule has 140 valence electrons. The smallest absolute Gasteiger partial charge is 0.328 e. The van der Waals surface area contributed by atoms with Crippen molar-refractivity contribution >= 4 is 45.2 Å². The normalized spacial score (nSPS) is 17.5. The Balaban J connectivity index is 1.73. The number of ether oxygens (including phenoxy) is 1. The summed E-state index contributed by atoms with van der Waals surface area (Å²) in [6.45, 7) is 6.86. The van der Waals surface area contributed by atoms with Crippen molar-refractivity contribution in [1.82, 2.24) is 14.9 Å². The number of carbonyl (C=O) groups is 2. The molecule has 1 aliphatic rings. The standard InChI is InChI=1S/C18H23N3O3S2/c1-4-24-18(23)13-7-5-6-8-21(13)14(22)9-25-16-15-11(2)12(3)26-17(15)20-10-19-16/h10,13H,4-9H2,1-3H3/t13-/m1/s1. The summed E-state index contributed by atoms with van der Waals surface area (Å²) in [6, 6.07) is -0.452. The lowest BCUT2D eigenvalue weighted by Crippen LogP contribution is -2.49. The average Bonchev–Trinajstić information content (AvgIpc) is 2.94. The minimum absolute atomic E-state index is 0.0379. The second kappa shape index (κ2) is 8.35. The fourth-order valence-electron chi connectivity index (χ4n) is 3.19. The van der Waals surface area contributed by atoms with Crippen LogP contribution in [0.15, 0.2) is 11.4 Å². The van der Waals surface area contributed by atoms with E-state index in [9.17, 15) is 9.59 Å². The van der Waals surface area contributed by atoms with E-state index in [0.29, 0.717) is 19.6 Å². The van der Waals surface area contributed by atoms with Crippen LogP contribution in [0.2, 0.25) is 0 Å². The first-order valence-corrected chi connectivity index (χ1v) is 10.6. The Labute approximate surface area is 161 Å². The van der Waals surface area contributed by atoms with E-state index in [-0.39, 0.29) is 17.6 Å². The largest absolute Gasteiger partial charge is 0.464 e. The average molecular weight is 394 g/mol. The lowest BCUT2D eigenvalue weighted by molar-refractivity contribution is -0.155. The number of esters is 1. The molecule has 2 aromatic heterocycles. The fourth-order valence-corrected chi connectivity index (χ4v) is 5.19. The van der Waals surface area contributed by atoms with Crippen molar-refractivity contribution in [3.05, 3.63) is 16.8 Å². The van der Waals surface area contributed by atoms with Crippen molar-refractivity contribution < 1.29 is 14.3 Å². The molecule has 26 heavy (non-hydrogen) atoms. The maximum atomic E-state index is 12.8. The number of rotatable bonds is 5. The first-order chi connectivity index (χ1) is 12.5. The first-order valence-electron chi connectivity index (χ1n) is 8.82. The van der Waals surface area contributed by atoms with Crippen LogP contribution in [0.1, 0.15) is 36.6 Å². The third-order valence-corrected chi connectivity index (χ3v) is 6.73. The lowest BCUT2D eigenvalue weighted by atomic mass is 10.0. The molecule has 0 unspecified atom stereocenters. The highest BCUT2D eigenvalue weighted by Gasteiger charge is 2.33. The number of piperidine rings is 1. The Hall–Kier alpha value is -1.67. The third kappa shape index (κ3) is 3.86. The summed E-state index contributed by atoms with van der Waals surface area (Å²) in [5.74, 6) is -0.0699. The van der Waals surface area contributed by atoms with E-state index in [1.54, 1.807) is 29.5 Å². The van der Waals surface area contributed by atoms with E-state index >= 15 is 0 Å². The van der Waals surface area contributed by atoms with Gasteiger partial charge in [0.05, 0.1) is 12.4 Å². The van der Waals surface area contributed by atoms with Gasteiger partial charge in [0.15, 0.2) is 0 Å². The van der Waals surface area contributed by atoms with E-state index in [1.165, 1.54) is 22.2 Å². The van der Waals surface area contributed by atoms with E-state index in [0.717, 1.165) is 28.1 Å². The Morgan fingerprint density at radius 1 is 1.35 bits per heavy atom. The van der Waals surface area contributed by atoms with Crippen LogP contribution >= 0.6 is 23.1 Å². The Kier molecular flexibility index (Phi) is 6.13. The van der Waals surface area contributed by atoms with E-state index in [2.05, 4.69) is 23.8 Å². The highest BCUT2D eigenvalue weighted by atomic mass is 32.2. The van der Waals surface area contributed by atoms with Crippen molar-refractivity contribution in [3.63, 3.8) is 0 Å². The summed E-state index contributed by atoms with van der Waals surface area (Å²) in [5.41, 5.74) is 1.17. The molecule has 8 heteroatoms. The van der Waals surface area contributed by atoms with Crippen LogP contribution in [0, 0.1) is 13.8 Å². The molecule has 2 aromatic rings. The monoisotopic (exact) mass is 393 g/mol. The number of carbonyl (C=O) groups excluding carboxylic acids is 2. The summed E-state index contributed by atoms with van der Waals surface area (Å²) in [7, 11) is 0. The van der Waals surface area contributed by atoms with Gasteiger partial charge in [-0.1, -0.05) is 11.8 Å². The molecule has 3 rings (SSSR count). The summed E-state index contributed by atoms with van der Waals surface area (Å²) in [6.07, 6.45) is 4.09. The van der Waals surface area contributed by atoms with Crippen molar-refractivity contribution in [2.45, 2.75) is 51.1 Å². The van der Waals surface area contributed by atoms with Crippen LogP contribution in [0.25, 0.3) is 10.2 Å². The number of aromatic nitrogens is 2. The predicted molar refractivity (Wildman–Crippen MR) is 104 cm³/mol. The number of amides is 1. The van der Waals surface area contributed by atoms with Gasteiger partial charge in [-0.2, -0.15) is 0 Å². The van der Waals surface area contributed by atoms with Gasteiger partial charge in [-0.3, -0.25) is 4.79 Å². The number of hydrogen-bond donors (Lipinski definition) is 0. The van der Waals surface area contributed by atoms with Crippen LogP contribution < -0.4 is 0 Å². The molecular weight excluding hydrogens is 370 g/mol. The number of thiophene rings is 1. The molecular formula is C18H23N3O3S2. The highest BCUT2D eigenvalue weighted by Crippen LogP contribution is 2.34. The molecule has 1 amide bonds. The predicted octanol–water partition coefficient (Wildman–Crippen LogP) is 3.34. The van der Waals surface area contributed by atoms with Crippen molar-refractivity contribution in [2.75, 3.05) is 18.9 Å². The van der Waals surface area contributed by atoms with Crippen LogP contribution in [-0.4, -0.2) is 51.7 Å². The Morgan fingerprint density at radius 2 is 2.15 bits per heavy atom. The SMILES string of the molecule is CCOC(=O)[C@H]1CCCCN1C(=O)CSc1ncnc2sc(C)c(C)c12. The second-order valence-corrected chi connectivity index (χ2v) is 8.45. The molecule has 0 aliphatic carbocycles. The quantitative estimate of drug-likeness (QED) is 0.441. The van der Waals surface area contributed by atoms with Gasteiger partial charge in [0, 0.05) is 16.8 Å². The van der Waals surface area contributed by atoms with Gasteiger partial charge in [0.25, 0.3) is 0 Å². The Bertz CT molecular complexity index is 821. The van der Waals surface area contributed by atoms with Crippen LogP contribution in [-0.2, 0) is 14.3 Å². The zero-order chi connectivity index (χ0) is 18.7. The van der Waals surface area contributed by atoms with Gasteiger partial charge >= 0.3 is 5.97 Å². The van der Waals surface area contributed by atoms with Crippen LogP contribution in [0.3, 0.4) is 0 Å². The summed E-state index contributed by atoms with van der Waals surface area (Å²) in [5, 5.41) is 1.86. The molecule has 1 atom stereocenters. The molecule has 0 radical (unpaired) electrons. The molecule has 1 aliphatic heterocycles. The maximum absolute atomic E-state index is 12.8. The number of hydrogen-bond acceptors (Lipinski definition) is 7. The van der Waals surface area contributed by atoms with Gasteiger partial charge < -0.3 is 9.64 Å². The summed E-state index contributed by atoms with van der Waals surface area (Å²) >= 11 is 3.06. The van der Waals surface area contributed by atoms with Crippen molar-refractivity contribution in [2.24, 2.45) is 0 Å². The molecule has 0 saturated carbocycles. The number of thioether (sulfide) groups is 1. The molecule has 3 heterocycles. The zero-order valence-corrected chi connectivity index (χ0v) is 16.9. The summed E-state index contributed by atoms with van der Waals surface area (Å²) in [4.78, 5) is 37.5. The van der Waals surface area contributed by atoms with Gasteiger partial charge in [-0.25, -0.2) is 14.8 Å². The maximum Gasteiger partial charge on any atom is 0.328 e. The molecule has 6 nitrogen and oxygen atoms in total. The molecule has 0 bridgehead atoms. The lowest BCUT2D eigenvalue weighted by Gasteiger charge is -2.34. The van der Waals surface area contributed by atoms with Crippen LogP contribution in [0.5, 0.6) is 0 Å². The van der Waals surface area contributed by atoms with Gasteiger partial charge in [0.1, 0.15) is 22.2 Å². The number of nitrogens with zero attached hydrogens (tertiary/aromatic N) is 3. The first kappa shape index (κ1) is 19.1. The van der Waals surface area contributed by atoms with Crippen LogP contribution in [0.4, 0.5) is 0 Å². The zero-order valence-electron chi connectivity index (χ0n) is 15.3. The van der Waals surface area contributed by atoms with Gasteiger partial charge in [-0.15, -0.1) is 11.3 Å². The number of fused-ring (bicyclic) bond motifs is 1. The highest BCUT2D eigenvalue weighted by molar-refractivity contribution is 8.00. The van der Waals surface area contributed by atoms with E-state index < -0.39 is 6.04 Å². The topological polar surface area (TPSA) is 72.4 Å². The second-order valence-electron chi connectivity index (χ2n) is 6.28. The molecule has 0 spiro atoms. The third-order valence-electron chi connectivity index (χ3n) is 4.64. The van der Waals surface area contributed by atoms with Gasteiger partial charge in [-0.05, 0) is 45.6 Å². The minimum Gasteiger partial charge on any atom is -0.464 e. The molecule has 1 fully saturated rings. The van der Waals surface area contributed by atoms with E-state index in [4.69, 9.17) is 4.74 Å². The van der Waals surface area contributed by atoms with Crippen molar-refractivity contribution in [1.29, 1.82) is 0 Å². The minimum atomic E-state index is -0.452.